The first kappa shape index (κ1) is 7.77. The Bertz CT molecular complexity index is 272. The van der Waals surface area contributed by atoms with Crippen LogP contribution in [-0.2, 0) is 5.33 Å². The van der Waals surface area contributed by atoms with E-state index in [2.05, 4.69) is 22.0 Å². The molecule has 0 aromatic carbocycles. The number of halogens is 1. The summed E-state index contributed by atoms with van der Waals surface area (Å²) in [6, 6.07) is 2.14. The minimum Gasteiger partial charge on any atom is -0.192 e. The molecular weight excluding hydrogens is 210 g/mol. The van der Waals surface area contributed by atoms with E-state index in [1.54, 1.807) is 11.3 Å². The third kappa shape index (κ3) is 1.23. The van der Waals surface area contributed by atoms with Gasteiger partial charge in [0.1, 0.15) is 6.07 Å². The summed E-state index contributed by atoms with van der Waals surface area (Å²) in [5.74, 6) is 0. The number of nitrogens with zero attached hydrogens (tertiary/aromatic N) is 1. The van der Waals surface area contributed by atoms with Crippen LogP contribution in [-0.4, -0.2) is 0 Å². The molecule has 0 saturated heterocycles. The lowest BCUT2D eigenvalue weighted by Gasteiger charge is -1.89. The van der Waals surface area contributed by atoms with Crippen LogP contribution in [0.5, 0.6) is 0 Å². The molecule has 0 radical (unpaired) electrons. The maximum Gasteiger partial charge on any atom is 0.100 e. The molecule has 0 fully saturated rings. The molecule has 0 bridgehead atoms. The van der Waals surface area contributed by atoms with E-state index in [0.717, 1.165) is 16.5 Å². The largest absolute Gasteiger partial charge is 0.192 e. The Morgan fingerprint density at radius 3 is 2.80 bits per heavy atom. The number of alkyl halides is 1. The van der Waals surface area contributed by atoms with Gasteiger partial charge < -0.3 is 0 Å². The zero-order valence-electron chi connectivity index (χ0n) is 5.52. The van der Waals surface area contributed by atoms with Crippen molar-refractivity contribution in [3.05, 3.63) is 21.4 Å². The second-order valence-electron chi connectivity index (χ2n) is 1.94. The van der Waals surface area contributed by atoms with Crippen molar-refractivity contribution in [1.82, 2.24) is 0 Å². The molecule has 0 spiro atoms. The summed E-state index contributed by atoms with van der Waals surface area (Å²) >= 11 is 4.98. The van der Waals surface area contributed by atoms with Gasteiger partial charge >= 0.3 is 0 Å². The highest BCUT2D eigenvalue weighted by Gasteiger charge is 2.03. The predicted octanol–water partition coefficient (Wildman–Crippen LogP) is 2.82. The Morgan fingerprint density at radius 1 is 1.80 bits per heavy atom. The van der Waals surface area contributed by atoms with Crippen LogP contribution >= 0.6 is 27.3 Å². The maximum atomic E-state index is 8.57. The van der Waals surface area contributed by atoms with Gasteiger partial charge in [-0.2, -0.15) is 5.26 Å². The van der Waals surface area contributed by atoms with Gasteiger partial charge in [0.05, 0.1) is 5.56 Å². The number of thiophene rings is 1. The molecule has 52 valence electrons. The van der Waals surface area contributed by atoms with E-state index in [9.17, 15) is 0 Å². The van der Waals surface area contributed by atoms with E-state index in [0.29, 0.717) is 0 Å². The van der Waals surface area contributed by atoms with Crippen LogP contribution in [0, 0.1) is 18.3 Å². The molecule has 0 N–H and O–H groups in total. The Kier molecular flexibility index (Phi) is 2.47. The second-order valence-corrected chi connectivity index (χ2v) is 3.47. The summed E-state index contributed by atoms with van der Waals surface area (Å²) in [6.45, 7) is 1.98. The van der Waals surface area contributed by atoms with Crippen molar-refractivity contribution in [2.75, 3.05) is 0 Å². The van der Waals surface area contributed by atoms with Crippen molar-refractivity contribution in [2.24, 2.45) is 0 Å². The molecule has 1 aromatic heterocycles. The van der Waals surface area contributed by atoms with E-state index >= 15 is 0 Å². The highest BCUT2D eigenvalue weighted by atomic mass is 79.9. The van der Waals surface area contributed by atoms with Gasteiger partial charge in [0.2, 0.25) is 0 Å². The van der Waals surface area contributed by atoms with Gasteiger partial charge in [0, 0.05) is 15.6 Å². The minimum atomic E-state index is 0.805. The van der Waals surface area contributed by atoms with Crippen molar-refractivity contribution >= 4 is 27.3 Å². The summed E-state index contributed by atoms with van der Waals surface area (Å²) in [7, 11) is 0. The Labute approximate surface area is 72.4 Å². The van der Waals surface area contributed by atoms with Gasteiger partial charge in [-0.25, -0.2) is 0 Å². The monoisotopic (exact) mass is 215 g/mol. The summed E-state index contributed by atoms with van der Waals surface area (Å²) in [6.07, 6.45) is 0. The quantitative estimate of drug-likeness (QED) is 0.662. The van der Waals surface area contributed by atoms with E-state index in [-0.39, 0.29) is 0 Å². The van der Waals surface area contributed by atoms with Crippen LogP contribution in [0.2, 0.25) is 0 Å². The number of hydrogen-bond donors (Lipinski definition) is 0. The zero-order chi connectivity index (χ0) is 7.56. The lowest BCUT2D eigenvalue weighted by Crippen LogP contribution is -1.76. The normalized spacial score (nSPS) is 9.30. The molecule has 1 rings (SSSR count). The fourth-order valence-corrected chi connectivity index (χ4v) is 2.36. The molecule has 1 aromatic rings. The van der Waals surface area contributed by atoms with Crippen LogP contribution in [0.3, 0.4) is 0 Å². The van der Waals surface area contributed by atoms with Crippen LogP contribution in [0.1, 0.15) is 16.0 Å². The fourth-order valence-electron chi connectivity index (χ4n) is 0.699. The molecule has 0 saturated carbocycles. The molecule has 10 heavy (non-hydrogen) atoms. The molecule has 1 heterocycles. The van der Waals surface area contributed by atoms with Gasteiger partial charge in [0.25, 0.3) is 0 Å². The second kappa shape index (κ2) is 3.18. The van der Waals surface area contributed by atoms with Crippen LogP contribution in [0.4, 0.5) is 0 Å². The number of nitriles is 1. The summed E-state index contributed by atoms with van der Waals surface area (Å²) in [5, 5.41) is 11.3. The molecule has 0 unspecified atom stereocenters. The van der Waals surface area contributed by atoms with Crippen molar-refractivity contribution in [3.8, 4) is 6.07 Å². The fraction of sp³-hybridized carbons (Fsp3) is 0.286. The van der Waals surface area contributed by atoms with Gasteiger partial charge in [-0.3, -0.25) is 0 Å². The van der Waals surface area contributed by atoms with E-state index < -0.39 is 0 Å². The molecule has 3 heteroatoms. The first-order valence-corrected chi connectivity index (χ1v) is 4.82. The molecule has 1 nitrogen and oxygen atoms in total. The smallest absolute Gasteiger partial charge is 0.100 e. The van der Waals surface area contributed by atoms with Crippen molar-refractivity contribution in [1.29, 1.82) is 5.26 Å². The van der Waals surface area contributed by atoms with Crippen molar-refractivity contribution < 1.29 is 0 Å². The van der Waals surface area contributed by atoms with Gasteiger partial charge in [0.15, 0.2) is 0 Å². The highest BCUT2D eigenvalue weighted by molar-refractivity contribution is 9.08. The molecule has 0 atom stereocenters. The summed E-state index contributed by atoms with van der Waals surface area (Å²) in [4.78, 5) is 1.25. The van der Waals surface area contributed by atoms with Crippen LogP contribution in [0.15, 0.2) is 5.38 Å². The average molecular weight is 216 g/mol. The van der Waals surface area contributed by atoms with Gasteiger partial charge in [-0.15, -0.1) is 11.3 Å². The van der Waals surface area contributed by atoms with Gasteiger partial charge in [-0.05, 0) is 12.5 Å². The number of hydrogen-bond acceptors (Lipinski definition) is 2. The minimum absolute atomic E-state index is 0.805. The molecule has 0 amide bonds. The van der Waals surface area contributed by atoms with Crippen molar-refractivity contribution in [2.45, 2.75) is 12.3 Å². The molecule has 0 aliphatic carbocycles. The number of rotatable bonds is 1. The highest BCUT2D eigenvalue weighted by Crippen LogP contribution is 2.22. The first-order valence-electron chi connectivity index (χ1n) is 2.82. The Morgan fingerprint density at radius 2 is 2.50 bits per heavy atom. The van der Waals surface area contributed by atoms with Gasteiger partial charge in [-0.1, -0.05) is 15.9 Å². The standard InChI is InChI=1S/C7H6BrNS/c1-5-6(3-9)4-10-7(5)2-8/h4H,2H2,1H3. The van der Waals surface area contributed by atoms with Crippen LogP contribution < -0.4 is 0 Å². The lowest BCUT2D eigenvalue weighted by atomic mass is 10.2. The Hall–Kier alpha value is -0.330. The third-order valence-corrected chi connectivity index (χ3v) is 3.40. The Balaban J connectivity index is 3.12. The van der Waals surface area contributed by atoms with E-state index in [4.69, 9.17) is 5.26 Å². The summed E-state index contributed by atoms with van der Waals surface area (Å²) < 4.78 is 0. The van der Waals surface area contributed by atoms with E-state index in [1.165, 1.54) is 4.88 Å². The average Bonchev–Trinajstić information content (AvgIpc) is 2.30. The first-order chi connectivity index (χ1) is 4.79. The maximum absolute atomic E-state index is 8.57. The molecule has 0 aliphatic rings. The summed E-state index contributed by atoms with van der Waals surface area (Å²) in [5.41, 5.74) is 1.92. The third-order valence-electron chi connectivity index (χ3n) is 1.38. The molecule has 0 aliphatic heterocycles. The topological polar surface area (TPSA) is 23.8 Å². The SMILES string of the molecule is Cc1c(C#N)csc1CBr. The van der Waals surface area contributed by atoms with E-state index in [1.807, 2.05) is 12.3 Å². The van der Waals surface area contributed by atoms with Crippen LogP contribution in [0.25, 0.3) is 0 Å². The molecular formula is C7H6BrNS. The zero-order valence-corrected chi connectivity index (χ0v) is 7.92. The lowest BCUT2D eigenvalue weighted by molar-refractivity contribution is 1.38. The van der Waals surface area contributed by atoms with Crippen molar-refractivity contribution in [3.63, 3.8) is 0 Å². The predicted molar refractivity (Wildman–Crippen MR) is 46.4 cm³/mol.